The molecule has 0 saturated heterocycles. The molecule has 1 amide bonds. The fourth-order valence-electron chi connectivity index (χ4n) is 2.64. The summed E-state index contributed by atoms with van der Waals surface area (Å²) in [5, 5.41) is 8.30. The lowest BCUT2D eigenvalue weighted by atomic mass is 10.2. The minimum atomic E-state index is -0.691. The van der Waals surface area contributed by atoms with Crippen molar-refractivity contribution in [2.75, 3.05) is 6.54 Å². The Balaban J connectivity index is 1.53. The molecule has 0 saturated carbocycles. The molecule has 0 bridgehead atoms. The van der Waals surface area contributed by atoms with Crippen molar-refractivity contribution in [2.45, 2.75) is 26.5 Å². The highest BCUT2D eigenvalue weighted by Gasteiger charge is 2.16. The fourth-order valence-corrected chi connectivity index (χ4v) is 3.09. The highest BCUT2D eigenvalue weighted by molar-refractivity contribution is 6.35. The van der Waals surface area contributed by atoms with Crippen LogP contribution < -0.4 is 10.1 Å². The molecule has 0 spiro atoms. The van der Waals surface area contributed by atoms with Crippen LogP contribution in [0.5, 0.6) is 5.75 Å². The number of aromatic nitrogens is 3. The van der Waals surface area contributed by atoms with Crippen molar-refractivity contribution in [2.24, 2.45) is 0 Å². The molecule has 0 unspecified atom stereocenters. The van der Waals surface area contributed by atoms with Crippen LogP contribution in [0, 0.1) is 6.92 Å². The van der Waals surface area contributed by atoms with Gasteiger partial charge in [0.05, 0.1) is 17.3 Å². The molecule has 28 heavy (non-hydrogen) atoms. The van der Waals surface area contributed by atoms with E-state index in [1.165, 1.54) is 0 Å². The maximum absolute atomic E-state index is 12.3. The molecule has 0 aliphatic heterocycles. The van der Waals surface area contributed by atoms with Crippen molar-refractivity contribution in [1.82, 2.24) is 20.1 Å². The van der Waals surface area contributed by atoms with E-state index >= 15 is 0 Å². The zero-order chi connectivity index (χ0) is 20.1. The third-order valence-corrected chi connectivity index (χ3v) is 4.66. The van der Waals surface area contributed by atoms with Gasteiger partial charge in [0.15, 0.2) is 6.10 Å². The maximum Gasteiger partial charge on any atom is 0.260 e. The largest absolute Gasteiger partial charge is 0.479 e. The van der Waals surface area contributed by atoms with Gasteiger partial charge in [0, 0.05) is 35.2 Å². The summed E-state index contributed by atoms with van der Waals surface area (Å²) >= 11 is 11.9. The van der Waals surface area contributed by atoms with E-state index in [2.05, 4.69) is 15.4 Å². The van der Waals surface area contributed by atoms with Gasteiger partial charge in [-0.3, -0.25) is 14.5 Å². The Morgan fingerprint density at radius 3 is 2.82 bits per heavy atom. The number of nitrogens with zero attached hydrogens (tertiary/aromatic N) is 3. The van der Waals surface area contributed by atoms with Crippen LogP contribution >= 0.6 is 23.2 Å². The number of nitrogens with one attached hydrogen (secondary N) is 1. The minimum Gasteiger partial charge on any atom is -0.479 e. The second kappa shape index (κ2) is 9.08. The van der Waals surface area contributed by atoms with Crippen LogP contribution in [-0.2, 0) is 11.3 Å². The van der Waals surface area contributed by atoms with Gasteiger partial charge in [0.1, 0.15) is 5.75 Å². The third-order valence-electron chi connectivity index (χ3n) is 4.13. The average Bonchev–Trinajstić information content (AvgIpc) is 3.05. The summed E-state index contributed by atoms with van der Waals surface area (Å²) in [6, 6.07) is 10.7. The normalized spacial score (nSPS) is 11.9. The molecular formula is C20H20Cl2N4O2. The van der Waals surface area contributed by atoms with Crippen molar-refractivity contribution in [1.29, 1.82) is 0 Å². The number of hydrogen-bond donors (Lipinski definition) is 1. The number of halogens is 2. The average molecular weight is 419 g/mol. The van der Waals surface area contributed by atoms with Gasteiger partial charge < -0.3 is 10.1 Å². The maximum atomic E-state index is 12.3. The Morgan fingerprint density at radius 2 is 2.11 bits per heavy atom. The van der Waals surface area contributed by atoms with E-state index in [4.69, 9.17) is 27.9 Å². The Hall–Kier alpha value is -2.57. The summed E-state index contributed by atoms with van der Waals surface area (Å²) in [6.07, 6.45) is 2.81. The first-order chi connectivity index (χ1) is 13.4. The molecule has 0 aliphatic carbocycles. The summed E-state index contributed by atoms with van der Waals surface area (Å²) in [4.78, 5) is 16.4. The minimum absolute atomic E-state index is 0.233. The van der Waals surface area contributed by atoms with E-state index < -0.39 is 6.10 Å². The molecule has 1 N–H and O–H groups in total. The third kappa shape index (κ3) is 5.03. The lowest BCUT2D eigenvalue weighted by Gasteiger charge is -2.16. The van der Waals surface area contributed by atoms with E-state index in [9.17, 15) is 4.79 Å². The molecule has 1 atom stereocenters. The van der Waals surface area contributed by atoms with Gasteiger partial charge in [0.25, 0.3) is 5.91 Å². The summed E-state index contributed by atoms with van der Waals surface area (Å²) in [6.45, 7) is 4.62. The van der Waals surface area contributed by atoms with Crippen molar-refractivity contribution in [3.8, 4) is 17.0 Å². The van der Waals surface area contributed by atoms with Crippen LogP contribution in [0.25, 0.3) is 11.3 Å². The standard InChI is InChI=1S/C20H20Cl2N4O2/c1-13-10-18(15-4-3-7-23-12-15)25-26(13)9-8-24-20(27)14(2)28-19-6-5-16(21)11-17(19)22/h3-7,10-12,14H,8-9H2,1-2H3,(H,24,27)/t14-/m0/s1. The van der Waals surface area contributed by atoms with Crippen LogP contribution in [0.3, 0.4) is 0 Å². The van der Waals surface area contributed by atoms with Gasteiger partial charge in [-0.2, -0.15) is 5.10 Å². The highest BCUT2D eigenvalue weighted by atomic mass is 35.5. The summed E-state index contributed by atoms with van der Waals surface area (Å²) in [5.74, 6) is 0.182. The topological polar surface area (TPSA) is 69.0 Å². The molecule has 146 valence electrons. The SMILES string of the molecule is Cc1cc(-c2cccnc2)nn1CCNC(=O)[C@H](C)Oc1ccc(Cl)cc1Cl. The van der Waals surface area contributed by atoms with Gasteiger partial charge in [-0.25, -0.2) is 0 Å². The van der Waals surface area contributed by atoms with Crippen molar-refractivity contribution in [3.63, 3.8) is 0 Å². The van der Waals surface area contributed by atoms with E-state index in [0.717, 1.165) is 17.0 Å². The first-order valence-corrected chi connectivity index (χ1v) is 9.54. The molecule has 1 aromatic carbocycles. The van der Waals surface area contributed by atoms with Gasteiger partial charge in [0.2, 0.25) is 0 Å². The van der Waals surface area contributed by atoms with Crippen LogP contribution in [0.2, 0.25) is 10.0 Å². The van der Waals surface area contributed by atoms with E-state index in [1.54, 1.807) is 37.5 Å². The Kier molecular flexibility index (Phi) is 6.54. The van der Waals surface area contributed by atoms with Crippen molar-refractivity contribution in [3.05, 3.63) is 64.5 Å². The first kappa shape index (κ1) is 20.2. The zero-order valence-corrected chi connectivity index (χ0v) is 17.0. The molecular weight excluding hydrogens is 399 g/mol. The smallest absolute Gasteiger partial charge is 0.260 e. The van der Waals surface area contributed by atoms with E-state index in [0.29, 0.717) is 28.9 Å². The van der Waals surface area contributed by atoms with Gasteiger partial charge in [-0.15, -0.1) is 0 Å². The predicted octanol–water partition coefficient (Wildman–Crippen LogP) is 4.14. The molecule has 6 nitrogen and oxygen atoms in total. The molecule has 2 heterocycles. The second-order valence-electron chi connectivity index (χ2n) is 6.26. The molecule has 0 aliphatic rings. The predicted molar refractivity (Wildman–Crippen MR) is 110 cm³/mol. The number of amides is 1. The molecule has 8 heteroatoms. The lowest BCUT2D eigenvalue weighted by Crippen LogP contribution is -2.38. The number of pyridine rings is 1. The van der Waals surface area contributed by atoms with Gasteiger partial charge in [-0.05, 0) is 50.2 Å². The second-order valence-corrected chi connectivity index (χ2v) is 7.11. The van der Waals surface area contributed by atoms with Gasteiger partial charge >= 0.3 is 0 Å². The Labute approximate surface area is 173 Å². The number of aryl methyl sites for hydroxylation is 1. The monoisotopic (exact) mass is 418 g/mol. The Bertz CT molecular complexity index is 960. The van der Waals surface area contributed by atoms with Crippen LogP contribution in [0.1, 0.15) is 12.6 Å². The lowest BCUT2D eigenvalue weighted by molar-refractivity contribution is -0.127. The fraction of sp³-hybridized carbons (Fsp3) is 0.250. The van der Waals surface area contributed by atoms with E-state index in [1.807, 2.05) is 29.8 Å². The van der Waals surface area contributed by atoms with Gasteiger partial charge in [-0.1, -0.05) is 23.2 Å². The number of hydrogen-bond acceptors (Lipinski definition) is 4. The molecule has 2 aromatic heterocycles. The molecule has 3 rings (SSSR count). The summed E-state index contributed by atoms with van der Waals surface area (Å²) < 4.78 is 7.47. The highest BCUT2D eigenvalue weighted by Crippen LogP contribution is 2.28. The molecule has 0 fully saturated rings. The van der Waals surface area contributed by atoms with Crippen LogP contribution in [0.15, 0.2) is 48.8 Å². The summed E-state index contributed by atoms with van der Waals surface area (Å²) in [7, 11) is 0. The van der Waals surface area contributed by atoms with E-state index in [-0.39, 0.29) is 5.91 Å². The number of carbonyl (C=O) groups is 1. The molecule has 3 aromatic rings. The number of benzene rings is 1. The summed E-state index contributed by atoms with van der Waals surface area (Å²) in [5.41, 5.74) is 2.81. The van der Waals surface area contributed by atoms with Crippen molar-refractivity contribution >= 4 is 29.1 Å². The van der Waals surface area contributed by atoms with Crippen LogP contribution in [-0.4, -0.2) is 33.3 Å². The van der Waals surface area contributed by atoms with Crippen LogP contribution in [0.4, 0.5) is 0 Å². The molecule has 0 radical (unpaired) electrons. The van der Waals surface area contributed by atoms with Crippen molar-refractivity contribution < 1.29 is 9.53 Å². The number of rotatable bonds is 7. The first-order valence-electron chi connectivity index (χ1n) is 8.78. The quantitative estimate of drug-likeness (QED) is 0.625. The number of carbonyl (C=O) groups excluding carboxylic acids is 1. The Morgan fingerprint density at radius 1 is 1.29 bits per heavy atom. The zero-order valence-electron chi connectivity index (χ0n) is 15.5. The number of ether oxygens (including phenoxy) is 1.